The van der Waals surface area contributed by atoms with Crippen LogP contribution >= 0.6 is 0 Å². The Balaban J connectivity index is 1.66. The molecule has 38 heavy (non-hydrogen) atoms. The number of piperidine rings is 1. The summed E-state index contributed by atoms with van der Waals surface area (Å²) < 4.78 is 11.1. The maximum Gasteiger partial charge on any atom is 0.338 e. The van der Waals surface area contributed by atoms with Crippen LogP contribution in [0, 0.1) is 0 Å². The van der Waals surface area contributed by atoms with Crippen LogP contribution in [-0.2, 0) is 16.0 Å². The van der Waals surface area contributed by atoms with E-state index in [1.165, 1.54) is 0 Å². The van der Waals surface area contributed by atoms with Gasteiger partial charge in [-0.3, -0.25) is 4.79 Å². The van der Waals surface area contributed by atoms with Crippen LogP contribution in [0.2, 0.25) is 0 Å². The molecule has 0 aliphatic carbocycles. The van der Waals surface area contributed by atoms with Gasteiger partial charge in [0.25, 0.3) is 0 Å². The van der Waals surface area contributed by atoms with Crippen LogP contribution in [0.25, 0.3) is 0 Å². The van der Waals surface area contributed by atoms with Gasteiger partial charge >= 0.3 is 12.0 Å². The normalized spacial score (nSPS) is 16.3. The lowest BCUT2D eigenvalue weighted by molar-refractivity contribution is -0.123. The third-order valence-electron chi connectivity index (χ3n) is 5.77. The van der Waals surface area contributed by atoms with Crippen molar-refractivity contribution in [1.82, 2.24) is 16.0 Å². The highest BCUT2D eigenvalue weighted by Crippen LogP contribution is 2.19. The molecule has 0 saturated carbocycles. The standard InChI is InChI=1S/C29H40N4O5/c1-19(2)37-27(35)21-10-12-22(13-11-21)32-28(36)33-25(26(34)31-23-7-6-16-30-18-23)17-20-8-14-24(15-9-20)38-29(3,4)5/h8-15,19,23,25,30H,6-7,16-18H2,1-5H3,(H,31,34)(H2,32,33,36)/t23-,25-/m0/s1. The number of urea groups is 1. The van der Waals surface area contributed by atoms with Crippen LogP contribution in [-0.4, -0.2) is 54.8 Å². The lowest BCUT2D eigenvalue weighted by atomic mass is 10.0. The van der Waals surface area contributed by atoms with Crippen molar-refractivity contribution in [3.05, 3.63) is 59.7 Å². The van der Waals surface area contributed by atoms with Crippen molar-refractivity contribution in [2.24, 2.45) is 0 Å². The van der Waals surface area contributed by atoms with Gasteiger partial charge in [-0.2, -0.15) is 0 Å². The number of hydrogen-bond donors (Lipinski definition) is 4. The first kappa shape index (κ1) is 29.0. The number of esters is 1. The number of rotatable bonds is 9. The van der Waals surface area contributed by atoms with E-state index in [0.29, 0.717) is 24.2 Å². The number of carbonyl (C=O) groups excluding carboxylic acids is 3. The van der Waals surface area contributed by atoms with E-state index < -0.39 is 18.0 Å². The fraction of sp³-hybridized carbons (Fsp3) is 0.483. The van der Waals surface area contributed by atoms with Crippen LogP contribution in [0.3, 0.4) is 0 Å². The SMILES string of the molecule is CC(C)OC(=O)c1ccc(NC(=O)N[C@@H](Cc2ccc(OC(C)(C)C)cc2)C(=O)N[C@H]2CCCNC2)cc1. The minimum atomic E-state index is -0.786. The van der Waals surface area contributed by atoms with Crippen LogP contribution in [0.4, 0.5) is 10.5 Å². The van der Waals surface area contributed by atoms with Gasteiger partial charge in [0.1, 0.15) is 17.4 Å². The molecule has 1 saturated heterocycles. The van der Waals surface area contributed by atoms with Crippen molar-refractivity contribution in [1.29, 1.82) is 0 Å². The Labute approximate surface area is 225 Å². The van der Waals surface area contributed by atoms with Crippen molar-refractivity contribution < 1.29 is 23.9 Å². The summed E-state index contributed by atoms with van der Waals surface area (Å²) in [6.07, 6.45) is 1.97. The topological polar surface area (TPSA) is 118 Å². The van der Waals surface area contributed by atoms with Crippen molar-refractivity contribution in [3.8, 4) is 5.75 Å². The quantitative estimate of drug-likeness (QED) is 0.368. The van der Waals surface area contributed by atoms with Gasteiger partial charge in [0.05, 0.1) is 11.7 Å². The molecule has 9 nitrogen and oxygen atoms in total. The third kappa shape index (κ3) is 9.70. The van der Waals surface area contributed by atoms with Gasteiger partial charge < -0.3 is 30.7 Å². The molecule has 2 aromatic rings. The van der Waals surface area contributed by atoms with Crippen molar-refractivity contribution in [3.63, 3.8) is 0 Å². The van der Waals surface area contributed by atoms with Crippen molar-refractivity contribution >= 4 is 23.6 Å². The fourth-order valence-electron chi connectivity index (χ4n) is 4.07. The molecular formula is C29H40N4O5. The Kier molecular flexibility index (Phi) is 10.1. The number of hydrogen-bond acceptors (Lipinski definition) is 6. The number of nitrogens with one attached hydrogen (secondary N) is 4. The number of anilines is 1. The van der Waals surface area contributed by atoms with E-state index in [9.17, 15) is 14.4 Å². The predicted molar refractivity (Wildman–Crippen MR) is 147 cm³/mol. The number of carbonyl (C=O) groups is 3. The van der Waals surface area contributed by atoms with Crippen LogP contribution in [0.5, 0.6) is 5.75 Å². The van der Waals surface area contributed by atoms with E-state index in [1.807, 2.05) is 45.0 Å². The zero-order valence-electron chi connectivity index (χ0n) is 22.9. The average molecular weight is 525 g/mol. The van der Waals surface area contributed by atoms with Gasteiger partial charge in [0, 0.05) is 24.7 Å². The molecule has 0 bridgehead atoms. The van der Waals surface area contributed by atoms with E-state index in [1.54, 1.807) is 38.1 Å². The van der Waals surface area contributed by atoms with Crippen molar-refractivity contribution in [2.75, 3.05) is 18.4 Å². The van der Waals surface area contributed by atoms with E-state index in [-0.39, 0.29) is 23.7 Å². The molecule has 0 unspecified atom stereocenters. The van der Waals surface area contributed by atoms with Crippen LogP contribution < -0.4 is 26.0 Å². The van der Waals surface area contributed by atoms with Gasteiger partial charge in [0.15, 0.2) is 0 Å². The highest BCUT2D eigenvalue weighted by atomic mass is 16.5. The first-order valence-electron chi connectivity index (χ1n) is 13.2. The number of amides is 3. The van der Waals surface area contributed by atoms with Gasteiger partial charge in [-0.05, 0) is 96.0 Å². The Morgan fingerprint density at radius 3 is 2.29 bits per heavy atom. The molecule has 0 aromatic heterocycles. The maximum absolute atomic E-state index is 13.2. The second kappa shape index (κ2) is 13.3. The monoisotopic (exact) mass is 524 g/mol. The van der Waals surface area contributed by atoms with E-state index >= 15 is 0 Å². The smallest absolute Gasteiger partial charge is 0.338 e. The summed E-state index contributed by atoms with van der Waals surface area (Å²) in [6, 6.07) is 12.7. The minimum Gasteiger partial charge on any atom is -0.488 e. The highest BCUT2D eigenvalue weighted by Gasteiger charge is 2.25. The van der Waals surface area contributed by atoms with E-state index in [4.69, 9.17) is 9.47 Å². The largest absolute Gasteiger partial charge is 0.488 e. The Morgan fingerprint density at radius 2 is 1.71 bits per heavy atom. The molecule has 2 aromatic carbocycles. The van der Waals surface area contributed by atoms with Crippen LogP contribution in [0.15, 0.2) is 48.5 Å². The summed E-state index contributed by atoms with van der Waals surface area (Å²) in [7, 11) is 0. The molecule has 0 spiro atoms. The molecular weight excluding hydrogens is 484 g/mol. The maximum atomic E-state index is 13.2. The van der Waals surface area contributed by atoms with Gasteiger partial charge in [-0.1, -0.05) is 12.1 Å². The highest BCUT2D eigenvalue weighted by molar-refractivity contribution is 5.95. The molecule has 1 fully saturated rings. The number of ether oxygens (including phenoxy) is 2. The lowest BCUT2D eigenvalue weighted by Crippen LogP contribution is -2.54. The zero-order valence-corrected chi connectivity index (χ0v) is 22.9. The van der Waals surface area contributed by atoms with E-state index in [0.717, 1.165) is 30.7 Å². The first-order chi connectivity index (χ1) is 18.0. The Hall–Kier alpha value is -3.59. The van der Waals surface area contributed by atoms with Crippen LogP contribution in [0.1, 0.15) is 63.4 Å². The average Bonchev–Trinajstić information content (AvgIpc) is 2.84. The second-order valence-corrected chi connectivity index (χ2v) is 10.8. The van der Waals surface area contributed by atoms with E-state index in [2.05, 4.69) is 21.3 Å². The summed E-state index contributed by atoms with van der Waals surface area (Å²) in [5.41, 5.74) is 1.45. The predicted octanol–water partition coefficient (Wildman–Crippen LogP) is 4.03. The molecule has 0 radical (unpaired) electrons. The second-order valence-electron chi connectivity index (χ2n) is 10.8. The molecule has 1 aliphatic rings. The fourth-order valence-corrected chi connectivity index (χ4v) is 4.07. The third-order valence-corrected chi connectivity index (χ3v) is 5.77. The first-order valence-corrected chi connectivity index (χ1v) is 13.2. The molecule has 4 N–H and O–H groups in total. The van der Waals surface area contributed by atoms with Gasteiger partial charge in [-0.15, -0.1) is 0 Å². The molecule has 3 rings (SSSR count). The lowest BCUT2D eigenvalue weighted by Gasteiger charge is -2.27. The molecule has 1 heterocycles. The molecule has 206 valence electrons. The molecule has 1 aliphatic heterocycles. The van der Waals surface area contributed by atoms with Gasteiger partial charge in [-0.25, -0.2) is 9.59 Å². The summed E-state index contributed by atoms with van der Waals surface area (Å²) in [5, 5.41) is 11.9. The summed E-state index contributed by atoms with van der Waals surface area (Å²) in [6.45, 7) is 11.1. The van der Waals surface area contributed by atoms with Gasteiger partial charge in [0.2, 0.25) is 5.91 Å². The molecule has 3 amide bonds. The Morgan fingerprint density at radius 1 is 1.03 bits per heavy atom. The summed E-state index contributed by atoms with van der Waals surface area (Å²) in [4.78, 5) is 38.1. The molecule has 9 heteroatoms. The zero-order chi connectivity index (χ0) is 27.7. The minimum absolute atomic E-state index is 0.0179. The summed E-state index contributed by atoms with van der Waals surface area (Å²) in [5.74, 6) is 0.0708. The van der Waals surface area contributed by atoms with Crippen molar-refractivity contribution in [2.45, 2.75) is 77.7 Å². The Bertz CT molecular complexity index is 1070. The number of benzene rings is 2. The molecule has 2 atom stereocenters. The summed E-state index contributed by atoms with van der Waals surface area (Å²) >= 11 is 0.